The van der Waals surface area contributed by atoms with Gasteiger partial charge in [-0.25, -0.2) is 15.0 Å². The molecule has 1 aliphatic rings. The summed E-state index contributed by atoms with van der Waals surface area (Å²) in [6, 6.07) is 50.3. The average Bonchev–Trinajstić information content (AvgIpc) is 3.80. The van der Waals surface area contributed by atoms with E-state index in [0.717, 1.165) is 72.2 Å². The van der Waals surface area contributed by atoms with Crippen LogP contribution in [0.4, 0.5) is 5.69 Å². The highest BCUT2D eigenvalue weighted by Crippen LogP contribution is 2.41. The quantitative estimate of drug-likeness (QED) is 0.183. The molecule has 6 heteroatoms. The first-order valence-electron chi connectivity index (χ1n) is 18.5. The number of benzene rings is 6. The summed E-state index contributed by atoms with van der Waals surface area (Å²) < 4.78 is 5.23. The lowest BCUT2D eigenvalue weighted by molar-refractivity contribution is 0.984. The maximum atomic E-state index is 5.36. The van der Waals surface area contributed by atoms with Gasteiger partial charge in [-0.1, -0.05) is 97.1 Å². The summed E-state index contributed by atoms with van der Waals surface area (Å²) in [5.74, 6) is 0. The molecule has 55 heavy (non-hydrogen) atoms. The van der Waals surface area contributed by atoms with Gasteiger partial charge in [-0.2, -0.15) is 0 Å². The summed E-state index contributed by atoms with van der Waals surface area (Å²) in [7, 11) is 0. The number of nitrogens with zero attached hydrogens (tertiary/aromatic N) is 3. The summed E-state index contributed by atoms with van der Waals surface area (Å²) in [5, 5.41) is 12.3. The number of hydrogen-bond donors (Lipinski definition) is 1. The molecule has 0 aliphatic carbocycles. The van der Waals surface area contributed by atoms with Gasteiger partial charge in [0.2, 0.25) is 0 Å². The van der Waals surface area contributed by atoms with Gasteiger partial charge in [-0.05, 0) is 78.2 Å². The molecule has 5 aromatic heterocycles. The molecule has 1 unspecified atom stereocenters. The van der Waals surface area contributed by atoms with Gasteiger partial charge in [0.1, 0.15) is 0 Å². The van der Waals surface area contributed by atoms with Gasteiger partial charge in [-0.15, -0.1) is 22.7 Å². The van der Waals surface area contributed by atoms with Crippen molar-refractivity contribution in [2.45, 2.75) is 13.0 Å². The zero-order chi connectivity index (χ0) is 36.2. The van der Waals surface area contributed by atoms with Crippen LogP contribution in [-0.2, 0) is 0 Å². The van der Waals surface area contributed by atoms with E-state index in [2.05, 4.69) is 164 Å². The first-order valence-corrected chi connectivity index (χ1v) is 20.2. The maximum Gasteiger partial charge on any atom is 0.0973 e. The molecule has 0 saturated carbocycles. The molecule has 258 valence electrons. The van der Waals surface area contributed by atoms with Gasteiger partial charge >= 0.3 is 0 Å². The normalized spacial score (nSPS) is 14.2. The molecule has 0 saturated heterocycles. The Labute approximate surface area is 324 Å². The highest BCUT2D eigenvalue weighted by molar-refractivity contribution is 7.26. The van der Waals surface area contributed by atoms with Crippen molar-refractivity contribution in [2.24, 2.45) is 0 Å². The van der Waals surface area contributed by atoms with Gasteiger partial charge in [0.05, 0.1) is 45.4 Å². The van der Waals surface area contributed by atoms with E-state index >= 15 is 0 Å². The van der Waals surface area contributed by atoms with E-state index in [1.165, 1.54) is 45.9 Å². The van der Waals surface area contributed by atoms with E-state index in [1.807, 2.05) is 22.7 Å². The Bertz CT molecular complexity index is 3450. The zero-order valence-corrected chi connectivity index (χ0v) is 31.3. The fraction of sp³-hybridized carbons (Fsp3) is 0.0408. The number of hydrogen-bond acceptors (Lipinski definition) is 6. The fourth-order valence-corrected chi connectivity index (χ4v) is 10.6. The molecule has 1 atom stereocenters. The molecule has 6 heterocycles. The second-order valence-corrected chi connectivity index (χ2v) is 16.7. The summed E-state index contributed by atoms with van der Waals surface area (Å²) in [6.07, 6.45) is 4.48. The number of aromatic nitrogens is 3. The average molecular weight is 739 g/mol. The van der Waals surface area contributed by atoms with E-state index in [-0.39, 0.29) is 6.04 Å². The molecule has 11 aromatic rings. The van der Waals surface area contributed by atoms with E-state index in [0.29, 0.717) is 0 Å². The molecule has 1 N–H and O–H groups in total. The van der Waals surface area contributed by atoms with E-state index in [4.69, 9.17) is 15.0 Å². The number of rotatable bonds is 3. The number of nitrogens with one attached hydrogen (secondary N) is 1. The predicted octanol–water partition coefficient (Wildman–Crippen LogP) is 13.9. The van der Waals surface area contributed by atoms with Crippen LogP contribution < -0.4 is 5.32 Å². The molecule has 6 aromatic carbocycles. The Balaban J connectivity index is 0.952. The predicted molar refractivity (Wildman–Crippen MR) is 236 cm³/mol. The molecule has 0 amide bonds. The SMILES string of the molecule is Cc1cc2ccc3ccc(-c4ccc5ccc6c(c5n4)NC(c4ccc5sc7ccccc7c5c4)C=C6)nc3c2nc1-c1ccc2sc3ccccc3c2c1. The summed E-state index contributed by atoms with van der Waals surface area (Å²) >= 11 is 3.69. The first-order chi connectivity index (χ1) is 27.1. The number of fused-ring (bicyclic) bond motifs is 12. The van der Waals surface area contributed by atoms with Gasteiger partial charge in [0.15, 0.2) is 0 Å². The minimum Gasteiger partial charge on any atom is -0.372 e. The van der Waals surface area contributed by atoms with Crippen LogP contribution in [0, 0.1) is 6.92 Å². The van der Waals surface area contributed by atoms with Crippen molar-refractivity contribution in [1.29, 1.82) is 0 Å². The molecule has 0 radical (unpaired) electrons. The van der Waals surface area contributed by atoms with Crippen LogP contribution in [0.2, 0.25) is 0 Å². The monoisotopic (exact) mass is 738 g/mol. The Morgan fingerprint density at radius 3 is 1.89 bits per heavy atom. The fourth-order valence-electron chi connectivity index (χ4n) is 8.41. The summed E-state index contributed by atoms with van der Waals surface area (Å²) in [5.41, 5.74) is 11.1. The third kappa shape index (κ3) is 4.85. The summed E-state index contributed by atoms with van der Waals surface area (Å²) in [4.78, 5) is 16.0. The van der Waals surface area contributed by atoms with Gasteiger partial charge in [0, 0.05) is 62.1 Å². The molecule has 1 aliphatic heterocycles. The van der Waals surface area contributed by atoms with Crippen LogP contribution in [0.15, 0.2) is 146 Å². The lowest BCUT2D eigenvalue weighted by Crippen LogP contribution is -2.13. The highest BCUT2D eigenvalue weighted by atomic mass is 32.1. The third-order valence-corrected chi connectivity index (χ3v) is 13.5. The topological polar surface area (TPSA) is 50.7 Å². The van der Waals surface area contributed by atoms with Crippen LogP contribution >= 0.6 is 22.7 Å². The minimum absolute atomic E-state index is 0.0275. The largest absolute Gasteiger partial charge is 0.372 e. The Morgan fingerprint density at radius 1 is 0.509 bits per heavy atom. The molecular weight excluding hydrogens is 709 g/mol. The lowest BCUT2D eigenvalue weighted by atomic mass is 9.97. The Hall–Kier alpha value is -6.47. The van der Waals surface area contributed by atoms with Crippen molar-refractivity contribution >= 4 is 107 Å². The van der Waals surface area contributed by atoms with Gasteiger partial charge in [-0.3, -0.25) is 0 Å². The van der Waals surface area contributed by atoms with Crippen LogP contribution in [0.25, 0.3) is 102 Å². The van der Waals surface area contributed by atoms with Crippen molar-refractivity contribution in [3.05, 3.63) is 162 Å². The number of aryl methyl sites for hydroxylation is 1. The van der Waals surface area contributed by atoms with Crippen molar-refractivity contribution in [3.8, 4) is 22.6 Å². The van der Waals surface area contributed by atoms with E-state index < -0.39 is 0 Å². The van der Waals surface area contributed by atoms with E-state index in [1.54, 1.807) is 0 Å². The molecular formula is C49H30N4S2. The molecule has 4 nitrogen and oxygen atoms in total. The van der Waals surface area contributed by atoms with Crippen LogP contribution in [0.5, 0.6) is 0 Å². The van der Waals surface area contributed by atoms with Gasteiger partial charge < -0.3 is 5.32 Å². The smallest absolute Gasteiger partial charge is 0.0973 e. The molecule has 0 bridgehead atoms. The highest BCUT2D eigenvalue weighted by Gasteiger charge is 2.20. The van der Waals surface area contributed by atoms with Crippen molar-refractivity contribution < 1.29 is 0 Å². The lowest BCUT2D eigenvalue weighted by Gasteiger charge is -2.24. The van der Waals surface area contributed by atoms with Crippen molar-refractivity contribution in [3.63, 3.8) is 0 Å². The zero-order valence-electron chi connectivity index (χ0n) is 29.7. The minimum atomic E-state index is 0.0275. The van der Waals surface area contributed by atoms with Crippen molar-refractivity contribution in [1.82, 2.24) is 15.0 Å². The Morgan fingerprint density at radius 2 is 1.11 bits per heavy atom. The number of thiophene rings is 2. The first kappa shape index (κ1) is 30.9. The molecule has 0 fully saturated rings. The third-order valence-electron chi connectivity index (χ3n) is 11.2. The second kappa shape index (κ2) is 11.8. The molecule has 0 spiro atoms. The Kier molecular flexibility index (Phi) is 6.62. The number of anilines is 1. The summed E-state index contributed by atoms with van der Waals surface area (Å²) in [6.45, 7) is 2.15. The van der Waals surface area contributed by atoms with Crippen LogP contribution in [-0.4, -0.2) is 15.0 Å². The van der Waals surface area contributed by atoms with Crippen LogP contribution in [0.3, 0.4) is 0 Å². The maximum absolute atomic E-state index is 5.36. The van der Waals surface area contributed by atoms with Crippen LogP contribution in [0.1, 0.15) is 22.7 Å². The van der Waals surface area contributed by atoms with Gasteiger partial charge in [0.25, 0.3) is 0 Å². The van der Waals surface area contributed by atoms with E-state index in [9.17, 15) is 0 Å². The number of pyridine rings is 3. The molecule has 12 rings (SSSR count). The van der Waals surface area contributed by atoms with Crippen molar-refractivity contribution in [2.75, 3.05) is 5.32 Å². The standard InChI is InChI=1S/C49H30N4S2/c1-27-24-32-13-12-30-16-21-40(52-48(30)49(32)53-45(27)33-18-23-44-37(26-33)35-7-3-5-9-42(35)55-44)39-20-15-29-11-10-28-14-19-38(50-46(28)47(29)51-39)31-17-22-43-36(25-31)34-6-2-4-8-41(34)54-43/h2-26,38,50H,1H3. The second-order valence-electron chi connectivity index (χ2n) is 14.5.